The van der Waals surface area contributed by atoms with Gasteiger partial charge in [-0.1, -0.05) is 413 Å². The van der Waals surface area contributed by atoms with E-state index in [9.17, 15) is 0 Å². The molecule has 0 amide bonds. The summed E-state index contributed by atoms with van der Waals surface area (Å²) in [6.45, 7) is 0. The Morgan fingerprint density at radius 2 is 0.243 bits per heavy atom. The van der Waals surface area contributed by atoms with Crippen molar-refractivity contribution in [2.75, 3.05) is 19.6 Å². The van der Waals surface area contributed by atoms with Gasteiger partial charge in [0.05, 0.1) is 0 Å². The lowest BCUT2D eigenvalue weighted by Crippen LogP contribution is -2.10. The number of benzene rings is 23. The third-order valence-electron chi connectivity index (χ3n) is 26.0. The number of anilines is 12. The van der Waals surface area contributed by atoms with Crippen LogP contribution >= 0.6 is 0 Å². The first-order valence-electron chi connectivity index (χ1n) is 46.5. The minimum Gasteiger partial charge on any atom is -0.311 e. The van der Waals surface area contributed by atoms with Crippen LogP contribution in [-0.2, 0) is 0 Å². The molecule has 0 spiro atoms. The van der Waals surface area contributed by atoms with Crippen molar-refractivity contribution >= 4 is 101 Å². The van der Waals surface area contributed by atoms with Crippen LogP contribution in [0, 0.1) is 0 Å². The smallest absolute Gasteiger partial charge is 0.0462 e. The Morgan fingerprint density at radius 3 is 0.463 bits per heavy atom. The molecule has 4 heteroatoms. The number of hydrogen-bond acceptors (Lipinski definition) is 4. The maximum absolute atomic E-state index is 2.35. The van der Waals surface area contributed by atoms with Gasteiger partial charge in [0.2, 0.25) is 0 Å². The second-order valence-corrected chi connectivity index (χ2v) is 34.4. The third kappa shape index (κ3) is 18.1. The van der Waals surface area contributed by atoms with Crippen LogP contribution in [0.4, 0.5) is 68.2 Å². The normalized spacial score (nSPS) is 11.1. The quantitative estimate of drug-likeness (QED) is 0.0670. The first-order chi connectivity index (χ1) is 67.4. The fourth-order valence-electron chi connectivity index (χ4n) is 18.8. The highest BCUT2D eigenvalue weighted by Crippen LogP contribution is 2.46. The lowest BCUT2D eigenvalue weighted by molar-refractivity contribution is 1.28. The van der Waals surface area contributed by atoms with Crippen LogP contribution in [0.1, 0.15) is 0 Å². The Kier molecular flexibility index (Phi) is 23.7. The lowest BCUT2D eigenvalue weighted by Gasteiger charge is -2.27. The second kappa shape index (κ2) is 38.6. The molecule has 136 heavy (non-hydrogen) atoms. The van der Waals surface area contributed by atoms with E-state index in [1.165, 1.54) is 121 Å². The highest BCUT2D eigenvalue weighted by atomic mass is 15.2. The lowest BCUT2D eigenvalue weighted by atomic mass is 9.98. The van der Waals surface area contributed by atoms with Crippen molar-refractivity contribution in [2.45, 2.75) is 0 Å². The van der Waals surface area contributed by atoms with E-state index in [2.05, 4.69) is 590 Å². The molecule has 0 atom stereocenters. The number of nitrogens with zero attached hydrogens (tertiary/aromatic N) is 4. The van der Waals surface area contributed by atoms with Gasteiger partial charge in [-0.2, -0.15) is 0 Å². The van der Waals surface area contributed by atoms with Crippen molar-refractivity contribution in [3.05, 3.63) is 570 Å². The van der Waals surface area contributed by atoms with Gasteiger partial charge >= 0.3 is 0 Å². The molecule has 23 aromatic carbocycles. The fraction of sp³-hybridized carbons (Fsp3) is 0. The summed E-state index contributed by atoms with van der Waals surface area (Å²) < 4.78 is 0. The molecular weight excluding hydrogens is 1640 g/mol. The average Bonchev–Trinajstić information content (AvgIpc) is 0.610. The van der Waals surface area contributed by atoms with Gasteiger partial charge in [-0.15, -0.1) is 0 Å². The molecule has 0 bridgehead atoms. The van der Waals surface area contributed by atoms with Gasteiger partial charge in [0.25, 0.3) is 0 Å². The van der Waals surface area contributed by atoms with Crippen LogP contribution in [0.5, 0.6) is 0 Å². The highest BCUT2D eigenvalue weighted by molar-refractivity contribution is 5.98. The predicted molar refractivity (Wildman–Crippen MR) is 578 cm³/mol. The van der Waals surface area contributed by atoms with Crippen molar-refractivity contribution in [3.8, 4) is 111 Å². The number of rotatable bonds is 22. The van der Waals surface area contributed by atoms with Crippen molar-refractivity contribution in [1.29, 1.82) is 0 Å². The van der Waals surface area contributed by atoms with Crippen molar-refractivity contribution in [2.24, 2.45) is 0 Å². The van der Waals surface area contributed by atoms with Gasteiger partial charge in [-0.25, -0.2) is 0 Å². The average molecular weight is 1740 g/mol. The van der Waals surface area contributed by atoms with E-state index >= 15 is 0 Å². The Morgan fingerprint density at radius 1 is 0.0882 bits per heavy atom. The molecule has 0 radical (unpaired) electrons. The molecule has 4 nitrogen and oxygen atoms in total. The maximum Gasteiger partial charge on any atom is 0.0462 e. The fourth-order valence-corrected chi connectivity index (χ4v) is 18.8. The van der Waals surface area contributed by atoms with Gasteiger partial charge in [-0.05, 0) is 301 Å². The maximum atomic E-state index is 2.35. The number of fused-ring (bicyclic) bond motifs is 3. The van der Waals surface area contributed by atoms with E-state index < -0.39 is 0 Å². The van der Waals surface area contributed by atoms with Gasteiger partial charge in [0.15, 0.2) is 0 Å². The molecular formula is C132H94N4. The molecule has 0 saturated heterocycles. The SMILES string of the molecule is c1ccc(-c2ccc(N(c3ccc(-c4ccc(N(c5ccc(-c6ccccc6)cc5)c5ccc(-c6ccc7ccccc7c6)cc5)cc4)cc3)c3ccc(-c4ccc5ccccc5c4)cc3)cc2)cc1.c1ccc(-c2ccc(N(c3ccc(-c4ccccc4)cc3)c3ccc(-c4ccc(N(c5ccc(-c6ccccc6)cc5)c5ccc(-c6cccc7ccccc67)cc5)cc4)cc3)cc2)cc1. The van der Waals surface area contributed by atoms with Crippen LogP contribution in [0.15, 0.2) is 570 Å². The van der Waals surface area contributed by atoms with Gasteiger partial charge in [0, 0.05) is 68.2 Å². The Labute approximate surface area is 796 Å². The summed E-state index contributed by atoms with van der Waals surface area (Å²) in [5.41, 5.74) is 36.9. The molecule has 0 aliphatic rings. The van der Waals surface area contributed by atoms with Crippen molar-refractivity contribution in [1.82, 2.24) is 0 Å². The van der Waals surface area contributed by atoms with Gasteiger partial charge < -0.3 is 19.6 Å². The minimum atomic E-state index is 1.09. The molecule has 0 aliphatic carbocycles. The highest BCUT2D eigenvalue weighted by Gasteiger charge is 2.22. The van der Waals surface area contributed by atoms with E-state index in [0.29, 0.717) is 0 Å². The van der Waals surface area contributed by atoms with Crippen LogP contribution in [0.2, 0.25) is 0 Å². The van der Waals surface area contributed by atoms with Gasteiger partial charge in [0.1, 0.15) is 0 Å². The molecule has 23 aromatic rings. The largest absolute Gasteiger partial charge is 0.311 e. The summed E-state index contributed by atoms with van der Waals surface area (Å²) in [6.07, 6.45) is 0. The minimum absolute atomic E-state index is 1.09. The summed E-state index contributed by atoms with van der Waals surface area (Å²) in [5.74, 6) is 0. The Hall–Kier alpha value is -18.0. The molecule has 23 rings (SSSR count). The van der Waals surface area contributed by atoms with Crippen LogP contribution in [-0.4, -0.2) is 0 Å². The van der Waals surface area contributed by atoms with E-state index in [0.717, 1.165) is 90.5 Å². The third-order valence-corrected chi connectivity index (χ3v) is 26.0. The van der Waals surface area contributed by atoms with Crippen LogP contribution < -0.4 is 19.6 Å². The zero-order valence-electron chi connectivity index (χ0n) is 75.1. The Bertz CT molecular complexity index is 7650. The number of hydrogen-bond donors (Lipinski definition) is 0. The molecule has 0 aromatic heterocycles. The van der Waals surface area contributed by atoms with E-state index in [1.807, 2.05) is 0 Å². The van der Waals surface area contributed by atoms with Crippen LogP contribution in [0.3, 0.4) is 0 Å². The van der Waals surface area contributed by atoms with Crippen molar-refractivity contribution < 1.29 is 0 Å². The van der Waals surface area contributed by atoms with E-state index in [-0.39, 0.29) is 0 Å². The molecule has 0 aliphatic heterocycles. The predicted octanol–water partition coefficient (Wildman–Crippen LogP) is 37.4. The zero-order chi connectivity index (χ0) is 90.7. The topological polar surface area (TPSA) is 13.0 Å². The second-order valence-electron chi connectivity index (χ2n) is 34.4. The zero-order valence-corrected chi connectivity index (χ0v) is 75.1. The summed E-state index contributed by atoms with van der Waals surface area (Å²) in [7, 11) is 0. The molecule has 642 valence electrons. The first-order valence-corrected chi connectivity index (χ1v) is 46.5. The molecule has 0 fully saturated rings. The van der Waals surface area contributed by atoms with Crippen molar-refractivity contribution in [3.63, 3.8) is 0 Å². The summed E-state index contributed by atoms with van der Waals surface area (Å²) in [5, 5.41) is 7.49. The monoisotopic (exact) mass is 1730 g/mol. The van der Waals surface area contributed by atoms with Gasteiger partial charge in [-0.3, -0.25) is 0 Å². The molecule has 0 unspecified atom stereocenters. The van der Waals surface area contributed by atoms with Crippen LogP contribution in [0.25, 0.3) is 144 Å². The Balaban J connectivity index is 0.000000158. The first kappa shape index (κ1) is 83.6. The summed E-state index contributed by atoms with van der Waals surface area (Å²) in [6, 6.07) is 206. The molecule has 0 heterocycles. The van der Waals surface area contributed by atoms with E-state index in [4.69, 9.17) is 0 Å². The molecule has 0 saturated carbocycles. The summed E-state index contributed by atoms with van der Waals surface area (Å²) in [4.78, 5) is 9.37. The van der Waals surface area contributed by atoms with E-state index in [1.54, 1.807) is 0 Å². The standard InChI is InChI=1S/C68H48N2.C64H46N2/c1-3-11-49(12-4-1)53-23-35-63(36-24-53)69(67-43-31-57(32-44-67)61-21-19-51-15-7-9-17-59(51)47-61)65-39-27-55(28-40-65)56-29-41-66(42-30-56)70(64-37-25-54(26-38-64)50-13-5-2-6-14-50)68-45-33-58(34-46-68)62-22-20-52-16-8-10-18-60(52)48-62;1-4-13-47(14-5-1)50-23-35-57(36-24-50)65(58-37-25-51(26-38-58)48-15-6-2-7-16-48)60-41-29-53(30-42-60)54-31-43-61(44-32-54)66(59-39-27-52(28-40-59)49-17-8-3-9-18-49)62-45-33-56(34-46-62)64-22-12-20-55-19-10-11-21-63(55)64/h1-48H;1-46H. The molecule has 0 N–H and O–H groups in total. The summed E-state index contributed by atoms with van der Waals surface area (Å²) >= 11 is 0.